The predicted molar refractivity (Wildman–Crippen MR) is 99.0 cm³/mol. The second-order valence-electron chi connectivity index (χ2n) is 6.26. The van der Waals surface area contributed by atoms with Crippen LogP contribution in [0.15, 0.2) is 42.5 Å². The Morgan fingerprint density at radius 1 is 1.08 bits per heavy atom. The van der Waals surface area contributed by atoms with E-state index in [1.165, 1.54) is 37.8 Å². The van der Waals surface area contributed by atoms with Crippen molar-refractivity contribution in [1.82, 2.24) is 0 Å². The molecule has 2 aromatic rings. The van der Waals surface area contributed by atoms with Crippen LogP contribution in [-0.2, 0) is 0 Å². The molecule has 2 aromatic carbocycles. The fourth-order valence-corrected chi connectivity index (χ4v) is 2.72. The molecule has 0 amide bonds. The van der Waals surface area contributed by atoms with Crippen LogP contribution in [0.1, 0.15) is 46.0 Å². The highest BCUT2D eigenvalue weighted by molar-refractivity contribution is 5.69. The van der Waals surface area contributed by atoms with E-state index in [0.717, 1.165) is 17.7 Å². The monoisotopic (exact) mass is 343 g/mol. The number of hydrogen-bond donors (Lipinski definition) is 1. The maximum absolute atomic E-state index is 10.9. The number of unbranched alkanes of at least 4 members (excludes halogenated alkanes) is 3. The Morgan fingerprint density at radius 2 is 1.76 bits per heavy atom. The minimum atomic E-state index is -0.587. The Morgan fingerprint density at radius 3 is 2.40 bits per heavy atom. The summed E-state index contributed by atoms with van der Waals surface area (Å²) in [5, 5.41) is 20.5. The number of ether oxygens (including phenoxy) is 1. The molecule has 0 radical (unpaired) electrons. The molecule has 5 heteroatoms. The highest BCUT2D eigenvalue weighted by atomic mass is 16.6. The predicted octanol–water partition coefficient (Wildman–Crippen LogP) is 5.71. The summed E-state index contributed by atoms with van der Waals surface area (Å²) in [7, 11) is 0. The number of hydrogen-bond acceptors (Lipinski definition) is 4. The van der Waals surface area contributed by atoms with Crippen LogP contribution in [0.4, 0.5) is 5.69 Å². The fraction of sp³-hybridized carbons (Fsp3) is 0.400. The van der Waals surface area contributed by atoms with E-state index in [4.69, 9.17) is 4.74 Å². The molecular formula is C20H25NO4. The average Bonchev–Trinajstić information content (AvgIpc) is 2.60. The van der Waals surface area contributed by atoms with E-state index in [9.17, 15) is 15.2 Å². The lowest BCUT2D eigenvalue weighted by molar-refractivity contribution is -0.385. The average molecular weight is 343 g/mol. The number of phenols is 1. The summed E-state index contributed by atoms with van der Waals surface area (Å²) in [5.41, 5.74) is 1.23. The van der Waals surface area contributed by atoms with Gasteiger partial charge in [-0.3, -0.25) is 10.1 Å². The maximum Gasteiger partial charge on any atom is 0.311 e. The molecule has 0 spiro atoms. The fourth-order valence-electron chi connectivity index (χ4n) is 2.72. The smallest absolute Gasteiger partial charge is 0.311 e. The van der Waals surface area contributed by atoms with Gasteiger partial charge in [-0.1, -0.05) is 44.4 Å². The van der Waals surface area contributed by atoms with Gasteiger partial charge in [0.25, 0.3) is 0 Å². The van der Waals surface area contributed by atoms with Crippen LogP contribution < -0.4 is 4.74 Å². The lowest BCUT2D eigenvalue weighted by atomic mass is 10.0. The molecule has 5 nitrogen and oxygen atoms in total. The topological polar surface area (TPSA) is 72.6 Å². The van der Waals surface area contributed by atoms with Crippen molar-refractivity contribution < 1.29 is 14.8 Å². The summed E-state index contributed by atoms with van der Waals surface area (Å²) in [4.78, 5) is 10.3. The Hall–Kier alpha value is -2.56. The highest BCUT2D eigenvalue weighted by Gasteiger charge is 2.14. The van der Waals surface area contributed by atoms with E-state index in [2.05, 4.69) is 13.8 Å². The van der Waals surface area contributed by atoms with E-state index in [1.807, 2.05) is 24.3 Å². The van der Waals surface area contributed by atoms with Crippen LogP contribution in [0.5, 0.6) is 11.5 Å². The Kier molecular flexibility index (Phi) is 6.81. The minimum Gasteiger partial charge on any atom is -0.502 e. The van der Waals surface area contributed by atoms with Gasteiger partial charge in [-0.15, -0.1) is 0 Å². The molecule has 0 aliphatic heterocycles. The number of nitro groups is 1. The minimum absolute atomic E-state index is 0.164. The molecule has 0 aromatic heterocycles. The largest absolute Gasteiger partial charge is 0.502 e. The molecule has 0 aliphatic carbocycles. The van der Waals surface area contributed by atoms with E-state index in [0.29, 0.717) is 5.56 Å². The van der Waals surface area contributed by atoms with E-state index < -0.39 is 4.92 Å². The van der Waals surface area contributed by atoms with Crippen molar-refractivity contribution in [1.29, 1.82) is 0 Å². The summed E-state index contributed by atoms with van der Waals surface area (Å²) in [6.07, 6.45) is 6.10. The lowest BCUT2D eigenvalue weighted by Gasteiger charge is -2.15. The van der Waals surface area contributed by atoms with Crippen LogP contribution in [-0.4, -0.2) is 16.1 Å². The van der Waals surface area contributed by atoms with Crippen LogP contribution in [0.25, 0.3) is 11.1 Å². The van der Waals surface area contributed by atoms with Gasteiger partial charge in [0, 0.05) is 6.07 Å². The zero-order valence-corrected chi connectivity index (χ0v) is 14.8. The van der Waals surface area contributed by atoms with E-state index in [-0.39, 0.29) is 17.5 Å². The van der Waals surface area contributed by atoms with Gasteiger partial charge in [0.15, 0.2) is 5.75 Å². The van der Waals surface area contributed by atoms with Crippen molar-refractivity contribution in [3.05, 3.63) is 52.6 Å². The molecular weight excluding hydrogens is 318 g/mol. The van der Waals surface area contributed by atoms with Gasteiger partial charge in [-0.05, 0) is 49.1 Å². The molecule has 0 fully saturated rings. The molecule has 25 heavy (non-hydrogen) atoms. The van der Waals surface area contributed by atoms with Gasteiger partial charge < -0.3 is 9.84 Å². The SMILES string of the molecule is CCCCCCC(C)Oc1ccc(-c2ccc(O)c([N+](=O)[O-])c2)cc1. The summed E-state index contributed by atoms with van der Waals surface area (Å²) in [6.45, 7) is 4.27. The quantitative estimate of drug-likeness (QED) is 0.360. The number of phenolic OH excluding ortho intramolecular Hbond substituents is 1. The summed E-state index contributed by atoms with van der Waals surface area (Å²) < 4.78 is 5.92. The van der Waals surface area contributed by atoms with Crippen molar-refractivity contribution >= 4 is 5.69 Å². The van der Waals surface area contributed by atoms with E-state index in [1.54, 1.807) is 6.07 Å². The van der Waals surface area contributed by atoms with Crippen LogP contribution in [0.3, 0.4) is 0 Å². The third-order valence-electron chi connectivity index (χ3n) is 4.16. The number of benzene rings is 2. The normalized spacial score (nSPS) is 11.9. The zero-order valence-electron chi connectivity index (χ0n) is 14.8. The van der Waals surface area contributed by atoms with Crippen molar-refractivity contribution in [3.8, 4) is 22.6 Å². The van der Waals surface area contributed by atoms with Gasteiger partial charge in [-0.2, -0.15) is 0 Å². The van der Waals surface area contributed by atoms with Gasteiger partial charge in [0.1, 0.15) is 5.75 Å². The van der Waals surface area contributed by atoms with Gasteiger partial charge >= 0.3 is 5.69 Å². The van der Waals surface area contributed by atoms with Crippen molar-refractivity contribution in [2.45, 2.75) is 52.1 Å². The van der Waals surface area contributed by atoms with Gasteiger partial charge in [0.05, 0.1) is 11.0 Å². The maximum atomic E-state index is 10.9. The second kappa shape index (κ2) is 9.06. The third kappa shape index (κ3) is 5.48. The lowest BCUT2D eigenvalue weighted by Crippen LogP contribution is -2.11. The second-order valence-corrected chi connectivity index (χ2v) is 6.26. The number of rotatable bonds is 9. The van der Waals surface area contributed by atoms with Crippen molar-refractivity contribution in [3.63, 3.8) is 0 Å². The summed E-state index contributed by atoms with van der Waals surface area (Å²) in [5.74, 6) is 0.464. The first-order valence-corrected chi connectivity index (χ1v) is 8.75. The molecule has 0 aliphatic rings. The highest BCUT2D eigenvalue weighted by Crippen LogP contribution is 2.32. The molecule has 1 unspecified atom stereocenters. The number of nitrogens with zero attached hydrogens (tertiary/aromatic N) is 1. The summed E-state index contributed by atoms with van der Waals surface area (Å²) >= 11 is 0. The first kappa shape index (κ1) is 18.8. The molecule has 0 bridgehead atoms. The standard InChI is InChI=1S/C20H25NO4/c1-3-4-5-6-7-15(2)25-18-11-8-16(9-12-18)17-10-13-20(22)19(14-17)21(23)24/h8-15,22H,3-7H2,1-2H3. The molecule has 2 rings (SSSR count). The molecule has 0 heterocycles. The third-order valence-corrected chi connectivity index (χ3v) is 4.16. The molecule has 1 N–H and O–H groups in total. The number of aromatic hydroxyl groups is 1. The Balaban J connectivity index is 2.00. The molecule has 0 saturated carbocycles. The van der Waals surface area contributed by atoms with Crippen LogP contribution in [0, 0.1) is 10.1 Å². The van der Waals surface area contributed by atoms with Crippen molar-refractivity contribution in [2.24, 2.45) is 0 Å². The Labute approximate surface area is 148 Å². The van der Waals surface area contributed by atoms with Crippen LogP contribution >= 0.6 is 0 Å². The first-order valence-electron chi connectivity index (χ1n) is 8.75. The first-order chi connectivity index (χ1) is 12.0. The zero-order chi connectivity index (χ0) is 18.2. The Bertz CT molecular complexity index is 697. The number of nitro benzene ring substituents is 1. The van der Waals surface area contributed by atoms with Gasteiger partial charge in [0.2, 0.25) is 0 Å². The molecule has 0 saturated heterocycles. The van der Waals surface area contributed by atoms with E-state index >= 15 is 0 Å². The van der Waals surface area contributed by atoms with Crippen LogP contribution in [0.2, 0.25) is 0 Å². The van der Waals surface area contributed by atoms with Crippen molar-refractivity contribution in [2.75, 3.05) is 0 Å². The van der Waals surface area contributed by atoms with Gasteiger partial charge in [-0.25, -0.2) is 0 Å². The summed E-state index contributed by atoms with van der Waals surface area (Å²) in [6, 6.07) is 11.9. The molecule has 134 valence electrons. The molecule has 1 atom stereocenters.